The van der Waals surface area contributed by atoms with E-state index in [1.165, 1.54) is 54.0 Å². The Morgan fingerprint density at radius 1 is 1.11 bits per heavy atom. The van der Waals surface area contributed by atoms with Crippen LogP contribution in [0.3, 0.4) is 0 Å². The van der Waals surface area contributed by atoms with E-state index in [1.54, 1.807) is 22.7 Å². The van der Waals surface area contributed by atoms with Crippen LogP contribution >= 0.6 is 22.7 Å². The minimum absolute atomic E-state index is 0.752. The smallest absolute Gasteiger partial charge is 0.212 e. The third-order valence-corrected chi connectivity index (χ3v) is 9.18. The number of amides is 1. The Labute approximate surface area is 217 Å². The Hall–Kier alpha value is -1.84. The van der Waals surface area contributed by atoms with Crippen LogP contribution in [0.5, 0.6) is 0 Å². The lowest BCUT2D eigenvalue weighted by Crippen LogP contribution is -2.29. The lowest BCUT2D eigenvalue weighted by molar-refractivity contribution is -0.105. The molecular formula is C27H39N5OS2. The number of aromatic nitrogens is 1. The summed E-state index contributed by atoms with van der Waals surface area (Å²) in [5, 5.41) is 15.3. The zero-order valence-electron chi connectivity index (χ0n) is 21.2. The quantitative estimate of drug-likeness (QED) is 0.339. The Morgan fingerprint density at radius 3 is 2.60 bits per heavy atom. The van der Waals surface area contributed by atoms with Crippen molar-refractivity contribution in [1.29, 1.82) is 0 Å². The number of para-hydroxylation sites is 1. The molecule has 0 bridgehead atoms. The van der Waals surface area contributed by atoms with Gasteiger partial charge in [0.15, 0.2) is 0 Å². The average Bonchev–Trinajstić information content (AvgIpc) is 3.65. The molecule has 1 amide bonds. The number of thiophene rings is 1. The molecule has 1 saturated carbocycles. The third kappa shape index (κ3) is 6.12. The number of fused-ring (bicyclic) bond motifs is 3. The molecule has 3 aromatic rings. The lowest BCUT2D eigenvalue weighted by atomic mass is 10.0. The molecule has 2 unspecified atom stereocenters. The second-order valence-electron chi connectivity index (χ2n) is 9.18. The van der Waals surface area contributed by atoms with Crippen molar-refractivity contribution in [3.63, 3.8) is 0 Å². The zero-order chi connectivity index (χ0) is 24.6. The topological polar surface area (TPSA) is 78.1 Å². The molecule has 2 aromatic heterocycles. The van der Waals surface area contributed by atoms with Crippen molar-refractivity contribution < 1.29 is 4.79 Å². The van der Waals surface area contributed by atoms with E-state index in [0.717, 1.165) is 64.9 Å². The van der Waals surface area contributed by atoms with Gasteiger partial charge in [0.25, 0.3) is 0 Å². The van der Waals surface area contributed by atoms with E-state index >= 15 is 0 Å². The van der Waals surface area contributed by atoms with Crippen LogP contribution in [0.25, 0.3) is 20.8 Å². The van der Waals surface area contributed by atoms with Gasteiger partial charge in [0, 0.05) is 23.0 Å². The number of hydrogen-bond acceptors (Lipinski definition) is 7. The molecule has 2 fully saturated rings. The fraction of sp³-hybridized carbons (Fsp3) is 0.556. The molecule has 8 heteroatoms. The molecule has 1 aromatic carbocycles. The van der Waals surface area contributed by atoms with Gasteiger partial charge in [-0.2, -0.15) is 0 Å². The minimum atomic E-state index is 0.752. The Morgan fingerprint density at radius 2 is 1.89 bits per heavy atom. The summed E-state index contributed by atoms with van der Waals surface area (Å²) in [6.07, 6.45) is 5.83. The molecule has 1 aliphatic carbocycles. The van der Waals surface area contributed by atoms with Gasteiger partial charge in [0.1, 0.15) is 10.0 Å². The van der Waals surface area contributed by atoms with Crippen LogP contribution in [0, 0.1) is 11.8 Å². The molecule has 35 heavy (non-hydrogen) atoms. The number of carbonyl (C=O) groups excluding carboxylic acids is 1. The third-order valence-electron chi connectivity index (χ3n) is 6.96. The van der Waals surface area contributed by atoms with Gasteiger partial charge >= 0.3 is 0 Å². The van der Waals surface area contributed by atoms with Crippen LogP contribution < -0.4 is 21.3 Å². The summed E-state index contributed by atoms with van der Waals surface area (Å²) in [6, 6.07) is 8.99. The van der Waals surface area contributed by atoms with E-state index in [2.05, 4.69) is 34.3 Å². The van der Waals surface area contributed by atoms with Crippen LogP contribution in [0.4, 0.5) is 5.00 Å². The second-order valence-corrected chi connectivity index (χ2v) is 11.3. The van der Waals surface area contributed by atoms with E-state index < -0.39 is 0 Å². The molecule has 2 aliphatic heterocycles. The van der Waals surface area contributed by atoms with E-state index in [9.17, 15) is 4.79 Å². The lowest BCUT2D eigenvalue weighted by Gasteiger charge is -2.13. The highest BCUT2D eigenvalue weighted by molar-refractivity contribution is 7.22. The van der Waals surface area contributed by atoms with Crippen LogP contribution in [0.1, 0.15) is 50.5 Å². The number of thiazole rings is 1. The van der Waals surface area contributed by atoms with Crippen molar-refractivity contribution in [2.24, 2.45) is 11.8 Å². The molecule has 6 rings (SSSR count). The second kappa shape index (κ2) is 12.9. The molecule has 2 atom stereocenters. The number of anilines is 1. The average molecular weight is 514 g/mol. The number of nitrogens with zero attached hydrogens (tertiary/aromatic N) is 1. The molecule has 4 heterocycles. The highest BCUT2D eigenvalue weighted by Gasteiger charge is 2.36. The first-order chi connectivity index (χ1) is 17.3. The first kappa shape index (κ1) is 26.2. The Kier molecular flexibility index (Phi) is 9.68. The fourth-order valence-corrected chi connectivity index (χ4v) is 7.66. The number of rotatable bonds is 6. The summed E-state index contributed by atoms with van der Waals surface area (Å²) in [5.41, 5.74) is 3.47. The first-order valence-electron chi connectivity index (χ1n) is 13.1. The molecule has 6 nitrogen and oxygen atoms in total. The van der Waals surface area contributed by atoms with E-state index in [0.29, 0.717) is 0 Å². The zero-order valence-corrected chi connectivity index (χ0v) is 22.8. The van der Waals surface area contributed by atoms with Gasteiger partial charge in [0.05, 0.1) is 10.2 Å². The molecule has 3 aliphatic rings. The van der Waals surface area contributed by atoms with E-state index in [1.807, 2.05) is 32.0 Å². The molecule has 0 radical (unpaired) electrons. The maximum atomic E-state index is 10.9. The van der Waals surface area contributed by atoms with Crippen LogP contribution in [0.2, 0.25) is 0 Å². The first-order valence-corrected chi connectivity index (χ1v) is 14.8. The standard InChI is InChI=1S/C15H13N3OS2.C10H20N2.C2H6/c19-8-17-14-13(9-5-6-16-7-12(9)21-14)15-18-10-3-1-2-4-11(10)20-15;1-2-3-12-10-4-8-6-11-7-9(8)5-10;1-2/h1-4,8,16H,5-7H2,(H,17,19);8-12H,2-7H2,1H3;1-2H3. The molecule has 190 valence electrons. The normalized spacial score (nSPS) is 22.4. The summed E-state index contributed by atoms with van der Waals surface area (Å²) in [6.45, 7) is 11.8. The van der Waals surface area contributed by atoms with Crippen molar-refractivity contribution in [1.82, 2.24) is 20.9 Å². The van der Waals surface area contributed by atoms with Gasteiger partial charge in [0.2, 0.25) is 6.41 Å². The number of benzene rings is 1. The van der Waals surface area contributed by atoms with E-state index in [-0.39, 0.29) is 0 Å². The highest BCUT2D eigenvalue weighted by Crippen LogP contribution is 2.44. The molecular weight excluding hydrogens is 474 g/mol. The maximum Gasteiger partial charge on any atom is 0.212 e. The van der Waals surface area contributed by atoms with Crippen molar-refractivity contribution in [2.45, 2.75) is 59.0 Å². The summed E-state index contributed by atoms with van der Waals surface area (Å²) in [5.74, 6) is 1.97. The summed E-state index contributed by atoms with van der Waals surface area (Å²) in [4.78, 5) is 17.0. The van der Waals surface area contributed by atoms with Gasteiger partial charge in [-0.25, -0.2) is 4.98 Å². The Balaban J connectivity index is 0.000000176. The van der Waals surface area contributed by atoms with Gasteiger partial charge in [-0.05, 0) is 81.4 Å². The van der Waals surface area contributed by atoms with Gasteiger partial charge < -0.3 is 21.3 Å². The van der Waals surface area contributed by atoms with Gasteiger partial charge in [-0.1, -0.05) is 32.9 Å². The molecule has 4 N–H and O–H groups in total. The molecule has 1 saturated heterocycles. The van der Waals surface area contributed by atoms with Crippen LogP contribution in [-0.2, 0) is 17.8 Å². The highest BCUT2D eigenvalue weighted by atomic mass is 32.1. The molecule has 0 spiro atoms. The Bertz CT molecular complexity index is 1050. The van der Waals surface area contributed by atoms with Crippen molar-refractivity contribution in [3.8, 4) is 10.6 Å². The SMILES string of the molecule is CC.CCCNC1CC2CNCC2C1.O=CNc1sc2c(c1-c1nc3ccccc3s1)CCNC2. The largest absolute Gasteiger partial charge is 0.320 e. The monoisotopic (exact) mass is 513 g/mol. The fourth-order valence-electron chi connectivity index (χ4n) is 5.38. The van der Waals surface area contributed by atoms with Crippen molar-refractivity contribution >= 4 is 44.3 Å². The van der Waals surface area contributed by atoms with Crippen LogP contribution in [-0.4, -0.2) is 43.6 Å². The van der Waals surface area contributed by atoms with Gasteiger partial charge in [-0.3, -0.25) is 4.79 Å². The van der Waals surface area contributed by atoms with Crippen LogP contribution in [0.15, 0.2) is 24.3 Å². The minimum Gasteiger partial charge on any atom is -0.320 e. The predicted octanol–water partition coefficient (Wildman–Crippen LogP) is 5.25. The van der Waals surface area contributed by atoms with Gasteiger partial charge in [-0.15, -0.1) is 22.7 Å². The summed E-state index contributed by atoms with van der Waals surface area (Å²) >= 11 is 3.34. The number of nitrogens with one attached hydrogen (secondary N) is 4. The van der Waals surface area contributed by atoms with E-state index in [4.69, 9.17) is 4.98 Å². The van der Waals surface area contributed by atoms with Crippen molar-refractivity contribution in [2.75, 3.05) is 31.5 Å². The predicted molar refractivity (Wildman–Crippen MR) is 151 cm³/mol. The maximum absolute atomic E-state index is 10.9. The number of carbonyl (C=O) groups is 1. The van der Waals surface area contributed by atoms with Crippen molar-refractivity contribution in [3.05, 3.63) is 34.7 Å². The number of hydrogen-bond donors (Lipinski definition) is 4. The summed E-state index contributed by atoms with van der Waals surface area (Å²) in [7, 11) is 0. The summed E-state index contributed by atoms with van der Waals surface area (Å²) < 4.78 is 1.18.